The highest BCUT2D eigenvalue weighted by atomic mass is 19.1. The van der Waals surface area contributed by atoms with Crippen molar-refractivity contribution in [3.63, 3.8) is 0 Å². The lowest BCUT2D eigenvalue weighted by atomic mass is 10.1. The fourth-order valence-corrected chi connectivity index (χ4v) is 1.63. The zero-order valence-electron chi connectivity index (χ0n) is 10.3. The number of hydrogen-bond donors (Lipinski definition) is 0. The molecule has 1 aromatic heterocycles. The van der Waals surface area contributed by atoms with E-state index in [2.05, 4.69) is 14.7 Å². The molecule has 98 valence electrons. The van der Waals surface area contributed by atoms with Crippen molar-refractivity contribution in [3.8, 4) is 11.3 Å². The number of esters is 1. The molecule has 0 atom stereocenters. The first-order chi connectivity index (χ1) is 8.99. The van der Waals surface area contributed by atoms with Crippen LogP contribution in [0.2, 0.25) is 0 Å². The van der Waals surface area contributed by atoms with Crippen LogP contribution in [0.15, 0.2) is 24.3 Å². The van der Waals surface area contributed by atoms with E-state index in [4.69, 9.17) is 0 Å². The quantitative estimate of drug-likeness (QED) is 0.782. The average molecular weight is 264 g/mol. The molecule has 0 amide bonds. The molecular formula is C13H10F2N2O2. The molecule has 0 aliphatic rings. The van der Waals surface area contributed by atoms with Crippen LogP contribution in [0, 0.1) is 18.6 Å². The van der Waals surface area contributed by atoms with Gasteiger partial charge in [0.15, 0.2) is 5.69 Å². The van der Waals surface area contributed by atoms with Crippen molar-refractivity contribution in [2.75, 3.05) is 7.11 Å². The van der Waals surface area contributed by atoms with E-state index < -0.39 is 17.6 Å². The van der Waals surface area contributed by atoms with Gasteiger partial charge in [0.1, 0.15) is 17.5 Å². The van der Waals surface area contributed by atoms with Crippen molar-refractivity contribution >= 4 is 5.97 Å². The van der Waals surface area contributed by atoms with Crippen LogP contribution < -0.4 is 0 Å². The lowest BCUT2D eigenvalue weighted by Gasteiger charge is -2.05. The third-order valence-corrected chi connectivity index (χ3v) is 2.39. The first-order valence-corrected chi connectivity index (χ1v) is 5.40. The molecule has 19 heavy (non-hydrogen) atoms. The van der Waals surface area contributed by atoms with Crippen molar-refractivity contribution in [1.82, 2.24) is 9.97 Å². The van der Waals surface area contributed by atoms with Gasteiger partial charge in [-0.2, -0.15) is 0 Å². The SMILES string of the molecule is COC(=O)c1cc(-c2cc(F)cc(F)c2)nc(C)n1. The zero-order valence-corrected chi connectivity index (χ0v) is 10.3. The van der Waals surface area contributed by atoms with Gasteiger partial charge in [0.25, 0.3) is 0 Å². The molecule has 0 unspecified atom stereocenters. The molecule has 0 fully saturated rings. The van der Waals surface area contributed by atoms with E-state index in [-0.39, 0.29) is 17.0 Å². The maximum absolute atomic E-state index is 13.2. The van der Waals surface area contributed by atoms with Gasteiger partial charge in [-0.05, 0) is 25.1 Å². The van der Waals surface area contributed by atoms with Gasteiger partial charge in [-0.3, -0.25) is 0 Å². The summed E-state index contributed by atoms with van der Waals surface area (Å²) < 4.78 is 30.9. The van der Waals surface area contributed by atoms with Crippen molar-refractivity contribution in [2.24, 2.45) is 0 Å². The summed E-state index contributed by atoms with van der Waals surface area (Å²) in [5.41, 5.74) is 0.522. The van der Waals surface area contributed by atoms with Gasteiger partial charge < -0.3 is 4.74 Å². The van der Waals surface area contributed by atoms with Gasteiger partial charge in [0, 0.05) is 11.6 Å². The molecular weight excluding hydrogens is 254 g/mol. The van der Waals surface area contributed by atoms with Gasteiger partial charge in [0.05, 0.1) is 12.8 Å². The summed E-state index contributed by atoms with van der Waals surface area (Å²) in [6.45, 7) is 1.57. The Balaban J connectivity index is 2.55. The number of rotatable bonds is 2. The minimum Gasteiger partial charge on any atom is -0.464 e. The number of benzene rings is 1. The summed E-state index contributed by atoms with van der Waals surface area (Å²) in [6, 6.07) is 4.35. The van der Waals surface area contributed by atoms with Crippen LogP contribution in [0.1, 0.15) is 16.3 Å². The summed E-state index contributed by atoms with van der Waals surface area (Å²) in [5.74, 6) is -1.76. The lowest BCUT2D eigenvalue weighted by Crippen LogP contribution is -2.07. The summed E-state index contributed by atoms with van der Waals surface area (Å²) >= 11 is 0. The first-order valence-electron chi connectivity index (χ1n) is 5.40. The molecule has 0 saturated heterocycles. The Bertz CT molecular complexity index is 624. The van der Waals surface area contributed by atoms with E-state index in [0.717, 1.165) is 18.2 Å². The van der Waals surface area contributed by atoms with E-state index in [0.29, 0.717) is 5.82 Å². The van der Waals surface area contributed by atoms with Crippen LogP contribution in [0.3, 0.4) is 0 Å². The summed E-state index contributed by atoms with van der Waals surface area (Å²) in [7, 11) is 1.22. The van der Waals surface area contributed by atoms with Crippen LogP contribution >= 0.6 is 0 Å². The Labute approximate surface area is 108 Å². The zero-order chi connectivity index (χ0) is 14.0. The van der Waals surface area contributed by atoms with Crippen molar-refractivity contribution in [2.45, 2.75) is 6.92 Å². The number of carbonyl (C=O) groups excluding carboxylic acids is 1. The fraction of sp³-hybridized carbons (Fsp3) is 0.154. The monoisotopic (exact) mass is 264 g/mol. The number of aryl methyl sites for hydroxylation is 1. The Morgan fingerprint density at radius 1 is 1.11 bits per heavy atom. The van der Waals surface area contributed by atoms with E-state index >= 15 is 0 Å². The predicted octanol–water partition coefficient (Wildman–Crippen LogP) is 2.52. The number of halogens is 2. The van der Waals surface area contributed by atoms with Gasteiger partial charge >= 0.3 is 5.97 Å². The van der Waals surface area contributed by atoms with Gasteiger partial charge in [-0.1, -0.05) is 0 Å². The fourth-order valence-electron chi connectivity index (χ4n) is 1.63. The smallest absolute Gasteiger partial charge is 0.356 e. The van der Waals surface area contributed by atoms with Crippen molar-refractivity contribution in [1.29, 1.82) is 0 Å². The highest BCUT2D eigenvalue weighted by Gasteiger charge is 2.12. The number of ether oxygens (including phenoxy) is 1. The summed E-state index contributed by atoms with van der Waals surface area (Å²) in [4.78, 5) is 19.4. The highest BCUT2D eigenvalue weighted by molar-refractivity contribution is 5.88. The minimum absolute atomic E-state index is 0.0367. The average Bonchev–Trinajstić information content (AvgIpc) is 2.36. The molecule has 0 bridgehead atoms. The highest BCUT2D eigenvalue weighted by Crippen LogP contribution is 2.20. The predicted molar refractivity (Wildman–Crippen MR) is 63.5 cm³/mol. The molecule has 0 aliphatic carbocycles. The molecule has 2 rings (SSSR count). The second-order valence-electron chi connectivity index (χ2n) is 3.84. The Hall–Kier alpha value is -2.37. The molecule has 0 N–H and O–H groups in total. The molecule has 6 heteroatoms. The third-order valence-electron chi connectivity index (χ3n) is 2.39. The first kappa shape index (κ1) is 13.1. The molecule has 4 nitrogen and oxygen atoms in total. The number of hydrogen-bond acceptors (Lipinski definition) is 4. The van der Waals surface area contributed by atoms with E-state index in [1.54, 1.807) is 6.92 Å². The van der Waals surface area contributed by atoms with Crippen LogP contribution in [0.25, 0.3) is 11.3 Å². The van der Waals surface area contributed by atoms with Crippen molar-refractivity contribution in [3.05, 3.63) is 47.4 Å². The number of nitrogens with zero attached hydrogens (tertiary/aromatic N) is 2. The number of carbonyl (C=O) groups is 1. The van der Waals surface area contributed by atoms with Crippen LogP contribution in [-0.2, 0) is 4.74 Å². The molecule has 0 aliphatic heterocycles. The third kappa shape index (κ3) is 2.90. The molecule has 1 aromatic carbocycles. The maximum atomic E-state index is 13.2. The van der Waals surface area contributed by atoms with E-state index in [1.165, 1.54) is 13.2 Å². The van der Waals surface area contributed by atoms with Crippen LogP contribution in [-0.4, -0.2) is 23.0 Å². The van der Waals surface area contributed by atoms with Gasteiger partial charge in [-0.15, -0.1) is 0 Å². The lowest BCUT2D eigenvalue weighted by molar-refractivity contribution is 0.0593. The normalized spacial score (nSPS) is 10.3. The van der Waals surface area contributed by atoms with Gasteiger partial charge in [-0.25, -0.2) is 23.5 Å². The molecule has 2 aromatic rings. The summed E-state index contributed by atoms with van der Waals surface area (Å²) in [5, 5.41) is 0. The number of aromatic nitrogens is 2. The van der Waals surface area contributed by atoms with E-state index in [9.17, 15) is 13.6 Å². The van der Waals surface area contributed by atoms with E-state index in [1.807, 2.05) is 0 Å². The Morgan fingerprint density at radius 2 is 1.74 bits per heavy atom. The van der Waals surface area contributed by atoms with Gasteiger partial charge in [0.2, 0.25) is 0 Å². The van der Waals surface area contributed by atoms with Crippen LogP contribution in [0.5, 0.6) is 0 Å². The minimum atomic E-state index is -0.717. The van der Waals surface area contributed by atoms with Crippen LogP contribution in [0.4, 0.5) is 8.78 Å². The second kappa shape index (κ2) is 5.09. The standard InChI is InChI=1S/C13H10F2N2O2/c1-7-16-11(6-12(17-7)13(18)19-2)8-3-9(14)5-10(15)4-8/h3-6H,1-2H3. The Morgan fingerprint density at radius 3 is 2.32 bits per heavy atom. The Kier molecular flexibility index (Phi) is 3.50. The molecule has 0 radical (unpaired) electrons. The molecule has 0 saturated carbocycles. The largest absolute Gasteiger partial charge is 0.464 e. The number of methoxy groups -OCH3 is 1. The summed E-state index contributed by atoms with van der Waals surface area (Å²) in [6.07, 6.45) is 0. The molecule has 1 heterocycles. The molecule has 0 spiro atoms. The van der Waals surface area contributed by atoms with Crippen molar-refractivity contribution < 1.29 is 18.3 Å². The second-order valence-corrected chi connectivity index (χ2v) is 3.84. The topological polar surface area (TPSA) is 52.1 Å². The maximum Gasteiger partial charge on any atom is 0.356 e.